The van der Waals surface area contributed by atoms with Gasteiger partial charge in [-0.25, -0.2) is 9.59 Å². The number of rotatable bonds is 10. The highest BCUT2D eigenvalue weighted by molar-refractivity contribution is 5.85. The molecule has 14 heteroatoms. The number of carbonyl (C=O) groups excluding carboxylic acids is 2. The Hall–Kier alpha value is -4.10. The van der Waals surface area contributed by atoms with E-state index in [4.69, 9.17) is 14.9 Å². The Balaban J connectivity index is 2.98. The minimum atomic E-state index is -1.46. The van der Waals surface area contributed by atoms with E-state index in [1.807, 2.05) is 5.32 Å². The zero-order chi connectivity index (χ0) is 25.3. The molecular weight excluding hydrogens is 440 g/mol. The molecule has 0 aliphatic heterocycles. The number of carboxylic acids is 1. The zero-order valence-corrected chi connectivity index (χ0v) is 18.8. The van der Waals surface area contributed by atoms with Crippen LogP contribution in [0.3, 0.4) is 0 Å². The lowest BCUT2D eigenvalue weighted by Gasteiger charge is -2.26. The molecule has 0 spiro atoms. The normalized spacial score (nSPS) is 10.7. The van der Waals surface area contributed by atoms with E-state index in [9.17, 15) is 24.0 Å². The molecule has 3 amide bonds. The molecule has 0 unspecified atom stereocenters. The van der Waals surface area contributed by atoms with Crippen LogP contribution in [-0.2, 0) is 14.3 Å². The molecule has 33 heavy (non-hydrogen) atoms. The van der Waals surface area contributed by atoms with Crippen molar-refractivity contribution >= 4 is 35.8 Å². The van der Waals surface area contributed by atoms with Crippen LogP contribution in [0.15, 0.2) is 17.6 Å². The average Bonchev–Trinajstić information content (AvgIpc) is 2.65. The van der Waals surface area contributed by atoms with Crippen molar-refractivity contribution in [1.29, 1.82) is 0 Å². The Morgan fingerprint density at radius 2 is 1.85 bits per heavy atom. The number of hydrogen-bond acceptors (Lipinski definition) is 8. The van der Waals surface area contributed by atoms with Crippen LogP contribution >= 0.6 is 0 Å². The predicted molar refractivity (Wildman–Crippen MR) is 117 cm³/mol. The number of aliphatic carboxylic acids is 1. The molecule has 0 saturated heterocycles. The fraction of sp³-hybridized carbons (Fsp3) is 0.474. The molecule has 0 aliphatic carbocycles. The van der Waals surface area contributed by atoms with Gasteiger partial charge in [0.25, 0.3) is 5.56 Å². The standard InChI is InChI=1S/C19H28N6O8/c1-6-24(14-11(2)15(29)22-16(21-14)23-17(30)31)9-12(26)25(10-13(27)28)8-7-20-18(32)33-19(3,4)5/h6H,1,7-10H2,2-5H3,(H,20,32)(H,27,28)(H,30,31)(H2,21,22,23,29). The Labute approximate surface area is 189 Å². The van der Waals surface area contributed by atoms with Gasteiger partial charge in [0.05, 0.1) is 5.56 Å². The monoisotopic (exact) mass is 468 g/mol. The number of carboxylic acid groups (broad SMARTS) is 2. The molecule has 0 radical (unpaired) electrons. The van der Waals surface area contributed by atoms with Gasteiger partial charge in [0, 0.05) is 13.1 Å². The van der Waals surface area contributed by atoms with Crippen molar-refractivity contribution in [3.63, 3.8) is 0 Å². The molecule has 1 rings (SSSR count). The van der Waals surface area contributed by atoms with Gasteiger partial charge < -0.3 is 30.1 Å². The smallest absolute Gasteiger partial charge is 0.411 e. The second-order valence-corrected chi connectivity index (χ2v) is 7.74. The van der Waals surface area contributed by atoms with Gasteiger partial charge in [0.15, 0.2) is 0 Å². The highest BCUT2D eigenvalue weighted by atomic mass is 16.6. The number of nitrogens with one attached hydrogen (secondary N) is 3. The van der Waals surface area contributed by atoms with E-state index >= 15 is 0 Å². The van der Waals surface area contributed by atoms with Gasteiger partial charge in [0.1, 0.15) is 24.5 Å². The van der Waals surface area contributed by atoms with Crippen molar-refractivity contribution in [2.24, 2.45) is 0 Å². The number of aromatic amines is 1. The number of nitrogens with zero attached hydrogens (tertiary/aromatic N) is 3. The van der Waals surface area contributed by atoms with E-state index in [2.05, 4.69) is 21.9 Å². The molecule has 0 bridgehead atoms. The lowest BCUT2D eigenvalue weighted by atomic mass is 10.2. The SMILES string of the molecule is C=CN(CC(=O)N(CCNC(=O)OC(C)(C)C)CC(=O)O)c1nc(NC(=O)O)[nH]c(=O)c1C. The van der Waals surface area contributed by atoms with Gasteiger partial charge in [0.2, 0.25) is 11.9 Å². The first-order valence-electron chi connectivity index (χ1n) is 9.70. The van der Waals surface area contributed by atoms with E-state index in [0.29, 0.717) is 0 Å². The van der Waals surface area contributed by atoms with Crippen LogP contribution in [-0.4, -0.2) is 80.9 Å². The van der Waals surface area contributed by atoms with Crippen molar-refractivity contribution in [1.82, 2.24) is 20.2 Å². The van der Waals surface area contributed by atoms with Crippen LogP contribution in [0.25, 0.3) is 0 Å². The van der Waals surface area contributed by atoms with Gasteiger partial charge in [-0.15, -0.1) is 0 Å². The maximum Gasteiger partial charge on any atom is 0.411 e. The van der Waals surface area contributed by atoms with E-state index in [1.54, 1.807) is 20.8 Å². The first-order chi connectivity index (χ1) is 15.2. The average molecular weight is 468 g/mol. The minimum Gasteiger partial charge on any atom is -0.480 e. The fourth-order valence-corrected chi connectivity index (χ4v) is 2.49. The van der Waals surface area contributed by atoms with Crippen LogP contribution < -0.4 is 21.1 Å². The maximum absolute atomic E-state index is 12.8. The van der Waals surface area contributed by atoms with Crippen LogP contribution in [0.2, 0.25) is 0 Å². The lowest BCUT2D eigenvalue weighted by Crippen LogP contribution is -2.46. The molecule has 14 nitrogen and oxygen atoms in total. The summed E-state index contributed by atoms with van der Waals surface area (Å²) in [6.07, 6.45) is -0.992. The molecule has 182 valence electrons. The largest absolute Gasteiger partial charge is 0.480 e. The third-order valence-corrected chi connectivity index (χ3v) is 3.88. The van der Waals surface area contributed by atoms with Crippen LogP contribution in [0.5, 0.6) is 0 Å². The number of ether oxygens (including phenoxy) is 1. The van der Waals surface area contributed by atoms with Crippen LogP contribution in [0.4, 0.5) is 21.4 Å². The molecule has 0 saturated carbocycles. The van der Waals surface area contributed by atoms with Gasteiger partial charge in [-0.3, -0.25) is 24.7 Å². The molecule has 1 aromatic rings. The summed E-state index contributed by atoms with van der Waals surface area (Å²) in [5.41, 5.74) is -1.29. The van der Waals surface area contributed by atoms with Crippen molar-refractivity contribution in [2.75, 3.05) is 36.4 Å². The molecule has 0 aromatic carbocycles. The summed E-state index contributed by atoms with van der Waals surface area (Å²) >= 11 is 0. The lowest BCUT2D eigenvalue weighted by molar-refractivity contribution is -0.143. The molecule has 5 N–H and O–H groups in total. The quantitative estimate of drug-likeness (QED) is 0.324. The van der Waals surface area contributed by atoms with Gasteiger partial charge >= 0.3 is 18.2 Å². The van der Waals surface area contributed by atoms with Crippen molar-refractivity contribution in [3.05, 3.63) is 28.7 Å². The second kappa shape index (κ2) is 11.5. The zero-order valence-electron chi connectivity index (χ0n) is 18.8. The summed E-state index contributed by atoms with van der Waals surface area (Å²) < 4.78 is 5.08. The number of aromatic nitrogens is 2. The molecule has 1 heterocycles. The van der Waals surface area contributed by atoms with Crippen LogP contribution in [0, 0.1) is 6.92 Å². The molecule has 0 fully saturated rings. The summed E-state index contributed by atoms with van der Waals surface area (Å²) in [6.45, 7) is 8.71. The highest BCUT2D eigenvalue weighted by Gasteiger charge is 2.23. The summed E-state index contributed by atoms with van der Waals surface area (Å²) in [7, 11) is 0. The van der Waals surface area contributed by atoms with Crippen molar-refractivity contribution < 1.29 is 34.1 Å². The number of amides is 3. The third kappa shape index (κ3) is 9.28. The fourth-order valence-electron chi connectivity index (χ4n) is 2.49. The third-order valence-electron chi connectivity index (χ3n) is 3.88. The van der Waals surface area contributed by atoms with E-state index in [-0.39, 0.29) is 30.4 Å². The van der Waals surface area contributed by atoms with Gasteiger partial charge in [-0.2, -0.15) is 4.98 Å². The maximum atomic E-state index is 12.8. The summed E-state index contributed by atoms with van der Waals surface area (Å²) in [6, 6.07) is 0. The number of anilines is 2. The van der Waals surface area contributed by atoms with Gasteiger partial charge in [-0.05, 0) is 33.9 Å². The molecule has 0 atom stereocenters. The van der Waals surface area contributed by atoms with E-state index in [0.717, 1.165) is 4.90 Å². The van der Waals surface area contributed by atoms with Gasteiger partial charge in [-0.1, -0.05) is 6.58 Å². The van der Waals surface area contributed by atoms with Crippen molar-refractivity contribution in [2.45, 2.75) is 33.3 Å². The van der Waals surface area contributed by atoms with E-state index in [1.165, 1.54) is 18.0 Å². The first kappa shape index (κ1) is 26.9. The van der Waals surface area contributed by atoms with Crippen LogP contribution in [0.1, 0.15) is 26.3 Å². The summed E-state index contributed by atoms with van der Waals surface area (Å²) in [5.74, 6) is -2.36. The number of hydrogen-bond donors (Lipinski definition) is 5. The minimum absolute atomic E-state index is 0.0481. The molecule has 0 aliphatic rings. The second-order valence-electron chi connectivity index (χ2n) is 7.74. The molecule has 1 aromatic heterocycles. The molecular formula is C19H28N6O8. The Morgan fingerprint density at radius 1 is 1.21 bits per heavy atom. The highest BCUT2D eigenvalue weighted by Crippen LogP contribution is 2.16. The first-order valence-corrected chi connectivity index (χ1v) is 9.70. The van der Waals surface area contributed by atoms with E-state index < -0.39 is 48.3 Å². The number of H-pyrrole nitrogens is 1. The summed E-state index contributed by atoms with van der Waals surface area (Å²) in [4.78, 5) is 67.1. The Kier molecular flexibility index (Phi) is 9.39. The predicted octanol–water partition coefficient (Wildman–Crippen LogP) is 0.556. The number of carbonyl (C=O) groups is 4. The van der Waals surface area contributed by atoms with Crippen molar-refractivity contribution in [3.8, 4) is 0 Å². The Morgan fingerprint density at radius 3 is 2.36 bits per heavy atom. The number of alkyl carbamates (subject to hydrolysis) is 1. The summed E-state index contributed by atoms with van der Waals surface area (Å²) in [5, 5.41) is 22.3. The Bertz CT molecular complexity index is 968. The topological polar surface area (TPSA) is 194 Å².